The molecule has 0 radical (unpaired) electrons. The fourth-order valence-electron chi connectivity index (χ4n) is 1.76. The number of rotatable bonds is 3. The highest BCUT2D eigenvalue weighted by atomic mass is 32.2. The van der Waals surface area contributed by atoms with Gasteiger partial charge in [-0.05, 0) is 19.8 Å². The van der Waals surface area contributed by atoms with Crippen LogP contribution >= 0.6 is 0 Å². The molecule has 9 heteroatoms. The molecule has 1 atom stereocenters. The first-order valence-corrected chi connectivity index (χ1v) is 6.87. The molecule has 0 aromatic heterocycles. The second-order valence-electron chi connectivity index (χ2n) is 3.90. The van der Waals surface area contributed by atoms with Gasteiger partial charge in [-0.15, -0.1) is 0 Å². The number of nitrogens with zero attached hydrogens (tertiary/aromatic N) is 1. The van der Waals surface area contributed by atoms with Crippen LogP contribution < -0.4 is 0 Å². The lowest BCUT2D eigenvalue weighted by Crippen LogP contribution is -2.47. The summed E-state index contributed by atoms with van der Waals surface area (Å²) in [5.41, 5.74) is -5.33. The van der Waals surface area contributed by atoms with Crippen LogP contribution in [0.2, 0.25) is 0 Å². The van der Waals surface area contributed by atoms with Crippen molar-refractivity contribution in [2.24, 2.45) is 5.92 Å². The molecule has 0 spiro atoms. The predicted octanol–water partition coefficient (Wildman–Crippen LogP) is 1.11. The first-order valence-electron chi connectivity index (χ1n) is 5.43. The Bertz CT molecular complexity index is 407. The van der Waals surface area contributed by atoms with Crippen molar-refractivity contribution in [1.29, 1.82) is 0 Å². The first-order chi connectivity index (χ1) is 8.20. The van der Waals surface area contributed by atoms with Gasteiger partial charge in [0, 0.05) is 13.1 Å². The summed E-state index contributed by atoms with van der Waals surface area (Å²) in [5, 5.41) is 0. The Balaban J connectivity index is 2.79. The van der Waals surface area contributed by atoms with E-state index >= 15 is 0 Å². The van der Waals surface area contributed by atoms with Crippen LogP contribution in [0.3, 0.4) is 0 Å². The van der Waals surface area contributed by atoms with Crippen LogP contribution in [0.1, 0.15) is 19.8 Å². The van der Waals surface area contributed by atoms with Crippen LogP contribution in [0.4, 0.5) is 13.2 Å². The summed E-state index contributed by atoms with van der Waals surface area (Å²) in [6, 6.07) is 0. The van der Waals surface area contributed by atoms with Crippen LogP contribution in [-0.2, 0) is 19.6 Å². The minimum atomic E-state index is -5.36. The lowest BCUT2D eigenvalue weighted by Gasteiger charge is -2.30. The second-order valence-corrected chi connectivity index (χ2v) is 5.83. The Morgan fingerprint density at radius 2 is 2.06 bits per heavy atom. The smallest absolute Gasteiger partial charge is 0.466 e. The van der Waals surface area contributed by atoms with E-state index in [-0.39, 0.29) is 19.6 Å². The van der Waals surface area contributed by atoms with Gasteiger partial charge in [-0.2, -0.15) is 17.5 Å². The molecule has 0 aromatic rings. The Morgan fingerprint density at radius 1 is 1.44 bits per heavy atom. The van der Waals surface area contributed by atoms with Crippen molar-refractivity contribution in [3.63, 3.8) is 0 Å². The van der Waals surface area contributed by atoms with Crippen molar-refractivity contribution in [2.75, 3.05) is 19.7 Å². The van der Waals surface area contributed by atoms with Gasteiger partial charge in [-0.25, -0.2) is 8.42 Å². The number of alkyl halides is 3. The molecule has 5 nitrogen and oxygen atoms in total. The SMILES string of the molecule is CCOC(=O)[C@H]1CCCN(S(=O)(=O)C(F)(F)F)C1. The molecule has 0 aliphatic carbocycles. The van der Waals surface area contributed by atoms with Gasteiger partial charge < -0.3 is 4.74 Å². The number of halogens is 3. The number of piperidine rings is 1. The van der Waals surface area contributed by atoms with Gasteiger partial charge >= 0.3 is 21.5 Å². The zero-order valence-corrected chi connectivity index (χ0v) is 10.6. The van der Waals surface area contributed by atoms with Gasteiger partial charge in [0.05, 0.1) is 12.5 Å². The summed E-state index contributed by atoms with van der Waals surface area (Å²) in [6.45, 7) is 0.991. The molecule has 1 rings (SSSR count). The van der Waals surface area contributed by atoms with Crippen molar-refractivity contribution < 1.29 is 31.1 Å². The summed E-state index contributed by atoms with van der Waals surface area (Å²) in [5.74, 6) is -1.48. The van der Waals surface area contributed by atoms with E-state index in [0.717, 1.165) is 0 Å². The molecular weight excluding hydrogens is 275 g/mol. The molecule has 0 bridgehead atoms. The Kier molecular flexibility index (Phi) is 4.60. The fourth-order valence-corrected chi connectivity index (χ4v) is 2.80. The van der Waals surface area contributed by atoms with Crippen LogP contribution in [0.25, 0.3) is 0 Å². The zero-order chi connectivity index (χ0) is 14.0. The second kappa shape index (κ2) is 5.43. The van der Waals surface area contributed by atoms with E-state index in [1.165, 1.54) is 0 Å². The normalized spacial score (nSPS) is 22.8. The number of carbonyl (C=O) groups excluding carboxylic acids is 1. The zero-order valence-electron chi connectivity index (χ0n) is 9.74. The molecule has 1 aliphatic rings. The highest BCUT2D eigenvalue weighted by molar-refractivity contribution is 7.90. The predicted molar refractivity (Wildman–Crippen MR) is 55.9 cm³/mol. The maximum absolute atomic E-state index is 12.3. The lowest BCUT2D eigenvalue weighted by atomic mass is 10.0. The van der Waals surface area contributed by atoms with E-state index in [1.54, 1.807) is 6.92 Å². The fraction of sp³-hybridized carbons (Fsp3) is 0.889. The van der Waals surface area contributed by atoms with E-state index in [9.17, 15) is 26.4 Å². The summed E-state index contributed by atoms with van der Waals surface area (Å²) < 4.78 is 64.4. The monoisotopic (exact) mass is 289 g/mol. The van der Waals surface area contributed by atoms with Crippen LogP contribution in [0.5, 0.6) is 0 Å². The third-order valence-electron chi connectivity index (χ3n) is 2.64. The molecule has 1 fully saturated rings. The molecule has 0 saturated carbocycles. The molecule has 106 valence electrons. The molecule has 1 heterocycles. The van der Waals surface area contributed by atoms with Crippen molar-refractivity contribution in [1.82, 2.24) is 4.31 Å². The van der Waals surface area contributed by atoms with Crippen LogP contribution in [0, 0.1) is 5.92 Å². The van der Waals surface area contributed by atoms with Gasteiger partial charge in [0.2, 0.25) is 0 Å². The Morgan fingerprint density at radius 3 is 2.56 bits per heavy atom. The minimum Gasteiger partial charge on any atom is -0.466 e. The molecular formula is C9H14F3NO4S. The van der Waals surface area contributed by atoms with Gasteiger partial charge in [-0.3, -0.25) is 4.79 Å². The first kappa shape index (κ1) is 15.2. The third-order valence-corrected chi connectivity index (χ3v) is 4.23. The van der Waals surface area contributed by atoms with Crippen LogP contribution in [0.15, 0.2) is 0 Å². The summed E-state index contributed by atoms with van der Waals surface area (Å²) in [4.78, 5) is 11.4. The van der Waals surface area contributed by atoms with Crippen LogP contribution in [-0.4, -0.2) is 43.9 Å². The van der Waals surface area contributed by atoms with Gasteiger partial charge in [0.25, 0.3) is 0 Å². The Labute approximate surface area is 103 Å². The molecule has 0 amide bonds. The lowest BCUT2D eigenvalue weighted by molar-refractivity contribution is -0.149. The summed E-state index contributed by atoms with van der Waals surface area (Å²) in [7, 11) is -5.36. The quantitative estimate of drug-likeness (QED) is 0.730. The van der Waals surface area contributed by atoms with Gasteiger partial charge in [0.1, 0.15) is 0 Å². The van der Waals surface area contributed by atoms with E-state index in [0.29, 0.717) is 10.7 Å². The largest absolute Gasteiger partial charge is 0.511 e. The van der Waals surface area contributed by atoms with Gasteiger partial charge in [-0.1, -0.05) is 0 Å². The van der Waals surface area contributed by atoms with Gasteiger partial charge in [0.15, 0.2) is 0 Å². The third kappa shape index (κ3) is 3.14. The van der Waals surface area contributed by atoms with Crippen molar-refractivity contribution in [3.8, 4) is 0 Å². The number of esters is 1. The van der Waals surface area contributed by atoms with Crippen molar-refractivity contribution >= 4 is 16.0 Å². The van der Waals surface area contributed by atoms with E-state index in [2.05, 4.69) is 4.74 Å². The maximum Gasteiger partial charge on any atom is 0.511 e. The highest BCUT2D eigenvalue weighted by Crippen LogP contribution is 2.30. The van der Waals surface area contributed by atoms with E-state index < -0.39 is 34.0 Å². The number of carbonyl (C=O) groups is 1. The van der Waals surface area contributed by atoms with Crippen molar-refractivity contribution in [2.45, 2.75) is 25.3 Å². The molecule has 0 N–H and O–H groups in total. The highest BCUT2D eigenvalue weighted by Gasteiger charge is 2.51. The summed E-state index contributed by atoms with van der Waals surface area (Å²) >= 11 is 0. The average Bonchev–Trinajstić information content (AvgIpc) is 2.28. The maximum atomic E-state index is 12.3. The van der Waals surface area contributed by atoms with Crippen molar-refractivity contribution in [3.05, 3.63) is 0 Å². The molecule has 18 heavy (non-hydrogen) atoms. The Hall–Kier alpha value is -0.830. The number of hydrogen-bond acceptors (Lipinski definition) is 4. The number of ether oxygens (including phenoxy) is 1. The molecule has 1 saturated heterocycles. The number of sulfonamides is 1. The molecule has 0 unspecified atom stereocenters. The molecule has 1 aliphatic heterocycles. The average molecular weight is 289 g/mol. The standard InChI is InChI=1S/C9H14F3NO4S/c1-2-17-8(14)7-4-3-5-13(6-7)18(15,16)9(10,11)12/h7H,2-6H2,1H3/t7-/m0/s1. The van der Waals surface area contributed by atoms with E-state index in [4.69, 9.17) is 0 Å². The molecule has 0 aromatic carbocycles. The summed E-state index contributed by atoms with van der Waals surface area (Å²) in [6.07, 6.45) is 0.543. The topological polar surface area (TPSA) is 63.7 Å². The number of hydrogen-bond donors (Lipinski definition) is 0. The van der Waals surface area contributed by atoms with E-state index in [1.807, 2.05) is 0 Å². The minimum absolute atomic E-state index is 0.112.